The molecule has 0 unspecified atom stereocenters. The Morgan fingerprint density at radius 3 is 1.78 bits per heavy atom. The number of rotatable bonds is 32. The van der Waals surface area contributed by atoms with Crippen LogP contribution in [0.1, 0.15) is 162 Å². The van der Waals surface area contributed by atoms with Crippen LogP contribution in [0.3, 0.4) is 0 Å². The molecule has 6 nitrogen and oxygen atoms in total. The minimum Gasteiger partial charge on any atom is -0.462 e. The largest absolute Gasteiger partial charge is 0.462 e. The van der Waals surface area contributed by atoms with E-state index >= 15 is 0 Å². The van der Waals surface area contributed by atoms with Crippen molar-refractivity contribution in [3.63, 3.8) is 0 Å². The monoisotopic (exact) mass is 633 g/mol. The molecule has 0 heterocycles. The van der Waals surface area contributed by atoms with Gasteiger partial charge < -0.3 is 19.7 Å². The first-order valence-electron chi connectivity index (χ1n) is 18.3. The van der Waals surface area contributed by atoms with E-state index in [4.69, 9.17) is 9.47 Å². The summed E-state index contributed by atoms with van der Waals surface area (Å²) in [5.74, 6) is -0.683. The predicted molar refractivity (Wildman–Crippen MR) is 188 cm³/mol. The molecule has 0 aliphatic rings. The van der Waals surface area contributed by atoms with Crippen LogP contribution in [0.5, 0.6) is 0 Å². The topological polar surface area (TPSA) is 93.1 Å². The molecule has 2 N–H and O–H groups in total. The molecule has 0 fully saturated rings. The van der Waals surface area contributed by atoms with Crippen LogP contribution in [0.15, 0.2) is 48.6 Å². The van der Waals surface area contributed by atoms with Crippen molar-refractivity contribution in [1.82, 2.24) is 0 Å². The predicted octanol–water partition coefficient (Wildman–Crippen LogP) is 10.0. The van der Waals surface area contributed by atoms with Gasteiger partial charge in [-0.15, -0.1) is 0 Å². The van der Waals surface area contributed by atoms with E-state index in [1.165, 1.54) is 70.6 Å². The first kappa shape index (κ1) is 42.8. The van der Waals surface area contributed by atoms with E-state index in [9.17, 15) is 19.8 Å². The number of aliphatic hydroxyl groups excluding tert-OH is 2. The van der Waals surface area contributed by atoms with Crippen molar-refractivity contribution in [2.24, 2.45) is 0 Å². The van der Waals surface area contributed by atoms with Crippen LogP contribution in [0.2, 0.25) is 0 Å². The molecule has 2 atom stereocenters. The zero-order valence-electron chi connectivity index (χ0n) is 29.0. The number of hydrogen-bond donors (Lipinski definition) is 2. The summed E-state index contributed by atoms with van der Waals surface area (Å²) in [6.45, 7) is 3.95. The smallest absolute Gasteiger partial charge is 0.306 e. The van der Waals surface area contributed by atoms with Crippen LogP contribution in [0.25, 0.3) is 0 Å². The normalized spacial score (nSPS) is 13.4. The van der Waals surface area contributed by atoms with Gasteiger partial charge in [-0.1, -0.05) is 159 Å². The molecule has 0 rings (SSSR count). The van der Waals surface area contributed by atoms with E-state index in [1.54, 1.807) is 0 Å². The maximum absolute atomic E-state index is 12.1. The van der Waals surface area contributed by atoms with Gasteiger partial charge in [-0.3, -0.25) is 9.59 Å². The summed E-state index contributed by atoms with van der Waals surface area (Å²) in [4.78, 5) is 24.1. The number of carbonyl (C=O) groups is 2. The first-order valence-corrected chi connectivity index (χ1v) is 18.3. The van der Waals surface area contributed by atoms with Crippen molar-refractivity contribution in [2.75, 3.05) is 13.2 Å². The molecule has 0 aromatic carbocycles. The lowest BCUT2D eigenvalue weighted by Gasteiger charge is -2.15. The summed E-state index contributed by atoms with van der Waals surface area (Å²) in [7, 11) is 0. The van der Waals surface area contributed by atoms with E-state index in [-0.39, 0.29) is 37.7 Å². The Morgan fingerprint density at radius 1 is 0.622 bits per heavy atom. The van der Waals surface area contributed by atoms with Crippen molar-refractivity contribution in [2.45, 2.75) is 174 Å². The number of unbranched alkanes of at least 4 members (excludes halogenated alkanes) is 15. The molecular formula is C39H68O6. The Labute approximate surface area is 276 Å². The Hall–Kier alpha value is -2.18. The highest BCUT2D eigenvalue weighted by atomic mass is 16.6. The Morgan fingerprint density at radius 2 is 1.16 bits per heavy atom. The SMILES string of the molecule is CCCCCCCCCCCCCCCC(=O)O[C@@H](CO)COC(=O)CCC/C=C\C/C=C\C/C=C\C=C\[C@H](O)CCCCC. The van der Waals surface area contributed by atoms with Gasteiger partial charge >= 0.3 is 11.9 Å². The van der Waals surface area contributed by atoms with Crippen LogP contribution in [0.4, 0.5) is 0 Å². The van der Waals surface area contributed by atoms with Gasteiger partial charge in [0.25, 0.3) is 0 Å². The molecule has 0 spiro atoms. The number of allylic oxidation sites excluding steroid dienone is 7. The third kappa shape index (κ3) is 33.0. The number of aliphatic hydroxyl groups is 2. The Bertz CT molecular complexity index is 784. The highest BCUT2D eigenvalue weighted by Gasteiger charge is 2.16. The van der Waals surface area contributed by atoms with Crippen LogP contribution in [-0.2, 0) is 19.1 Å². The summed E-state index contributed by atoms with van der Waals surface area (Å²) in [6, 6.07) is 0. The fraction of sp³-hybridized carbons (Fsp3) is 0.744. The van der Waals surface area contributed by atoms with Crippen LogP contribution < -0.4 is 0 Å². The van der Waals surface area contributed by atoms with Crippen molar-refractivity contribution in [3.8, 4) is 0 Å². The lowest BCUT2D eigenvalue weighted by molar-refractivity contribution is -0.161. The zero-order chi connectivity index (χ0) is 33.1. The summed E-state index contributed by atoms with van der Waals surface area (Å²) in [5, 5.41) is 19.4. The van der Waals surface area contributed by atoms with Gasteiger partial charge in [0.05, 0.1) is 12.7 Å². The molecule has 0 radical (unpaired) electrons. The summed E-state index contributed by atoms with van der Waals surface area (Å²) >= 11 is 0. The van der Waals surface area contributed by atoms with Crippen molar-refractivity contribution in [1.29, 1.82) is 0 Å². The number of carbonyl (C=O) groups excluding carboxylic acids is 2. The van der Waals surface area contributed by atoms with E-state index in [1.807, 2.05) is 18.2 Å². The lowest BCUT2D eigenvalue weighted by atomic mass is 10.0. The van der Waals surface area contributed by atoms with Gasteiger partial charge in [0.1, 0.15) is 6.61 Å². The number of ether oxygens (including phenoxy) is 2. The average Bonchev–Trinajstić information content (AvgIpc) is 3.03. The van der Waals surface area contributed by atoms with Crippen molar-refractivity contribution >= 4 is 11.9 Å². The summed E-state index contributed by atoms with van der Waals surface area (Å²) < 4.78 is 10.5. The molecule has 0 aliphatic carbocycles. The number of hydrogen-bond acceptors (Lipinski definition) is 6. The van der Waals surface area contributed by atoms with E-state index in [0.29, 0.717) is 12.8 Å². The van der Waals surface area contributed by atoms with Crippen molar-refractivity contribution in [3.05, 3.63) is 48.6 Å². The molecule has 6 heteroatoms. The molecule has 45 heavy (non-hydrogen) atoms. The zero-order valence-corrected chi connectivity index (χ0v) is 29.0. The quantitative estimate of drug-likeness (QED) is 0.0332. The van der Waals surface area contributed by atoms with Gasteiger partial charge in [-0.05, 0) is 38.5 Å². The maximum Gasteiger partial charge on any atom is 0.306 e. The highest BCUT2D eigenvalue weighted by molar-refractivity contribution is 5.70. The Kier molecular flexibility index (Phi) is 33.0. The lowest BCUT2D eigenvalue weighted by Crippen LogP contribution is -2.28. The first-order chi connectivity index (χ1) is 22.0. The standard InChI is InChI=1S/C39H68O6/c1-3-5-7-8-9-10-11-12-15-19-22-25-29-33-39(43)45-37(34-40)35-44-38(42)32-28-24-21-18-16-13-14-17-20-23-27-31-36(41)30-26-6-4-2/h13-14,18,20-21,23,27,31,36-37,40-41H,3-12,15-17,19,22,24-26,28-30,32-35H2,1-2H3/b14-13-,21-18-,23-20-,31-27+/t36-,37+/m1/s1. The van der Waals surface area contributed by atoms with E-state index in [0.717, 1.165) is 57.8 Å². The summed E-state index contributed by atoms with van der Waals surface area (Å²) in [5.41, 5.74) is 0. The third-order valence-electron chi connectivity index (χ3n) is 7.73. The molecule has 0 amide bonds. The van der Waals surface area contributed by atoms with Gasteiger partial charge in [0.15, 0.2) is 6.10 Å². The highest BCUT2D eigenvalue weighted by Crippen LogP contribution is 2.13. The van der Waals surface area contributed by atoms with Crippen LogP contribution >= 0.6 is 0 Å². The minimum atomic E-state index is -0.803. The minimum absolute atomic E-state index is 0.107. The molecular weight excluding hydrogens is 564 g/mol. The maximum atomic E-state index is 12.1. The molecule has 0 aliphatic heterocycles. The molecule has 0 bridgehead atoms. The molecule has 0 aromatic heterocycles. The van der Waals surface area contributed by atoms with Crippen LogP contribution in [-0.4, -0.2) is 47.6 Å². The number of esters is 2. The molecule has 0 saturated carbocycles. The second-order valence-corrected chi connectivity index (χ2v) is 12.2. The molecule has 260 valence electrons. The molecule has 0 aromatic rings. The van der Waals surface area contributed by atoms with Gasteiger partial charge in [0, 0.05) is 12.8 Å². The van der Waals surface area contributed by atoms with E-state index in [2.05, 4.69) is 44.2 Å². The van der Waals surface area contributed by atoms with Gasteiger partial charge in [0.2, 0.25) is 0 Å². The van der Waals surface area contributed by atoms with E-state index < -0.39 is 6.10 Å². The second-order valence-electron chi connectivity index (χ2n) is 12.2. The average molecular weight is 633 g/mol. The summed E-state index contributed by atoms with van der Waals surface area (Å²) in [6.07, 6.45) is 39.2. The third-order valence-corrected chi connectivity index (χ3v) is 7.73. The molecule has 0 saturated heterocycles. The van der Waals surface area contributed by atoms with Crippen LogP contribution in [0, 0.1) is 0 Å². The van der Waals surface area contributed by atoms with Gasteiger partial charge in [-0.2, -0.15) is 0 Å². The fourth-order valence-electron chi connectivity index (χ4n) is 4.89. The Balaban J connectivity index is 3.73. The fourth-order valence-corrected chi connectivity index (χ4v) is 4.89. The van der Waals surface area contributed by atoms with Crippen molar-refractivity contribution < 1.29 is 29.3 Å². The van der Waals surface area contributed by atoms with Gasteiger partial charge in [-0.25, -0.2) is 0 Å². The second kappa shape index (κ2) is 34.7.